The fourth-order valence-electron chi connectivity index (χ4n) is 7.98. The van der Waals surface area contributed by atoms with Crippen molar-refractivity contribution >= 4 is 34.6 Å². The van der Waals surface area contributed by atoms with E-state index >= 15 is 0 Å². The van der Waals surface area contributed by atoms with E-state index < -0.39 is 23.2 Å². The number of likely N-dealkylation sites (tertiary alicyclic amines) is 1. The Morgan fingerprint density at radius 3 is 2.36 bits per heavy atom. The van der Waals surface area contributed by atoms with Gasteiger partial charge in [-0.3, -0.25) is 9.20 Å². The van der Waals surface area contributed by atoms with Gasteiger partial charge in [0, 0.05) is 48.8 Å². The van der Waals surface area contributed by atoms with Gasteiger partial charge in [-0.05, 0) is 106 Å². The topological polar surface area (TPSA) is 109 Å². The van der Waals surface area contributed by atoms with Crippen LogP contribution in [-0.4, -0.2) is 76.6 Å². The minimum Gasteiger partial charge on any atom is -0.496 e. The largest absolute Gasteiger partial charge is 0.496 e. The lowest BCUT2D eigenvalue weighted by Gasteiger charge is -2.41. The van der Waals surface area contributed by atoms with E-state index in [0.29, 0.717) is 46.0 Å². The van der Waals surface area contributed by atoms with E-state index in [9.17, 15) is 13.6 Å². The molecule has 0 bridgehead atoms. The number of nitrogens with zero attached hydrogens (tertiary/aromatic N) is 6. The molecule has 2 N–H and O–H groups in total. The van der Waals surface area contributed by atoms with Crippen LogP contribution in [0.1, 0.15) is 48.0 Å². The molecule has 8 rings (SSSR count). The van der Waals surface area contributed by atoms with E-state index in [1.54, 1.807) is 37.6 Å². The number of pyridine rings is 1. The van der Waals surface area contributed by atoms with Crippen molar-refractivity contribution in [2.24, 2.45) is 0 Å². The normalized spacial score (nSPS) is 15.2. The molecule has 3 aromatic heterocycles. The Kier molecular flexibility index (Phi) is 10.5. The van der Waals surface area contributed by atoms with Crippen molar-refractivity contribution in [1.29, 1.82) is 0 Å². The van der Waals surface area contributed by atoms with Gasteiger partial charge in [-0.15, -0.1) is 0 Å². The minimum absolute atomic E-state index is 0.0676. The number of piperidine rings is 2. The maximum absolute atomic E-state index is 14.5. The van der Waals surface area contributed by atoms with Gasteiger partial charge in [0.25, 0.3) is 5.91 Å². The number of rotatable bonds is 10. The molecule has 2 aliphatic heterocycles. The van der Waals surface area contributed by atoms with Gasteiger partial charge in [0.1, 0.15) is 34.5 Å². The quantitative estimate of drug-likeness (QED) is 0.142. The number of ether oxygens (including phenoxy) is 2. The first kappa shape index (κ1) is 36.9. The molecule has 0 unspecified atom stereocenters. The number of anilines is 4. The number of halogens is 2. The van der Waals surface area contributed by atoms with Crippen molar-refractivity contribution in [3.8, 4) is 34.1 Å². The van der Waals surface area contributed by atoms with Gasteiger partial charge < -0.3 is 29.9 Å². The van der Waals surface area contributed by atoms with E-state index in [4.69, 9.17) is 19.4 Å². The fraction of sp³-hybridized carbons (Fsp3) is 0.302. The van der Waals surface area contributed by atoms with Gasteiger partial charge in [0.2, 0.25) is 5.95 Å². The molecule has 0 spiro atoms. The van der Waals surface area contributed by atoms with Gasteiger partial charge in [-0.25, -0.2) is 23.7 Å². The summed E-state index contributed by atoms with van der Waals surface area (Å²) in [5.41, 5.74) is 5.50. The van der Waals surface area contributed by atoms with E-state index in [1.807, 2.05) is 28.8 Å². The summed E-state index contributed by atoms with van der Waals surface area (Å²) in [7, 11) is 3.09. The van der Waals surface area contributed by atoms with Crippen LogP contribution in [0.25, 0.3) is 28.3 Å². The predicted molar refractivity (Wildman–Crippen MR) is 214 cm³/mol. The van der Waals surface area contributed by atoms with Crippen molar-refractivity contribution in [3.63, 3.8) is 0 Å². The number of methoxy groups -OCH3 is 2. The van der Waals surface area contributed by atoms with Crippen LogP contribution in [0.3, 0.4) is 0 Å². The Labute approximate surface area is 324 Å². The van der Waals surface area contributed by atoms with Crippen LogP contribution in [0.4, 0.5) is 31.8 Å². The fourth-order valence-corrected chi connectivity index (χ4v) is 7.98. The molecule has 13 heteroatoms. The molecule has 56 heavy (non-hydrogen) atoms. The standard InChI is InChI=1S/C43H44F2N8O3/c1-27-24-34(37(56-3)26-35(27)52-22-16-29(17-23-52)51-19-6-4-7-20-51)48-43-46-18-15-33(47-43)41-39(49-38-12-5-8-21-53(38)41)28-13-14-36(55-2)30(25-28)42(54)50-40-31(44)10-9-11-32(40)45/h5,8-15,18,21,24-26,29H,4,6-7,16-17,19-20,22-23H2,1-3H3,(H,50,54)(H,46,47,48). The van der Waals surface area contributed by atoms with Crippen LogP contribution in [0.15, 0.2) is 85.2 Å². The molecule has 11 nitrogen and oxygen atoms in total. The number of carbonyl (C=O) groups excluding carboxylic acids is 1. The SMILES string of the molecule is COc1cc(N2CCC(N3CCCCC3)CC2)c(C)cc1Nc1nccc(-c2c(-c3ccc(OC)c(C(=O)Nc4c(F)cccc4F)c3)nc3ccccn23)n1. The highest BCUT2D eigenvalue weighted by atomic mass is 19.1. The molecule has 3 aromatic carbocycles. The molecule has 0 aliphatic carbocycles. The van der Waals surface area contributed by atoms with E-state index in [2.05, 4.69) is 44.5 Å². The second-order valence-corrected chi connectivity index (χ2v) is 14.2. The van der Waals surface area contributed by atoms with Crippen LogP contribution in [-0.2, 0) is 0 Å². The van der Waals surface area contributed by atoms with Crippen LogP contribution in [0.5, 0.6) is 11.5 Å². The summed E-state index contributed by atoms with van der Waals surface area (Å²) >= 11 is 0. The van der Waals surface area contributed by atoms with E-state index in [1.165, 1.54) is 51.2 Å². The van der Waals surface area contributed by atoms with Gasteiger partial charge in [0.15, 0.2) is 0 Å². The molecular formula is C43H44F2N8O3. The third kappa shape index (κ3) is 7.34. The number of aromatic nitrogens is 4. The van der Waals surface area contributed by atoms with Crippen molar-refractivity contribution in [3.05, 3.63) is 108 Å². The zero-order valence-electron chi connectivity index (χ0n) is 31.7. The Morgan fingerprint density at radius 2 is 1.61 bits per heavy atom. The van der Waals surface area contributed by atoms with Crippen LogP contribution in [0.2, 0.25) is 0 Å². The summed E-state index contributed by atoms with van der Waals surface area (Å²) in [6.45, 7) is 6.59. The Balaban J connectivity index is 1.09. The summed E-state index contributed by atoms with van der Waals surface area (Å²) in [6.07, 6.45) is 9.85. The number of hydrogen-bond donors (Lipinski definition) is 2. The zero-order chi connectivity index (χ0) is 38.8. The van der Waals surface area contributed by atoms with Crippen LogP contribution < -0.4 is 25.0 Å². The van der Waals surface area contributed by atoms with Gasteiger partial charge in [-0.1, -0.05) is 18.6 Å². The number of fused-ring (bicyclic) bond motifs is 1. The van der Waals surface area contributed by atoms with Gasteiger partial charge in [0.05, 0.1) is 42.6 Å². The minimum atomic E-state index is -0.892. The maximum Gasteiger partial charge on any atom is 0.259 e. The first-order valence-electron chi connectivity index (χ1n) is 19.0. The maximum atomic E-state index is 14.5. The molecular weight excluding hydrogens is 715 g/mol. The molecule has 2 fully saturated rings. The number of nitrogens with one attached hydrogen (secondary N) is 2. The van der Waals surface area contributed by atoms with Crippen LogP contribution >= 0.6 is 0 Å². The number of aryl methyl sites for hydroxylation is 1. The molecule has 1 amide bonds. The van der Waals surface area contributed by atoms with Crippen molar-refractivity contribution < 1.29 is 23.0 Å². The van der Waals surface area contributed by atoms with E-state index in [-0.39, 0.29) is 11.3 Å². The average Bonchev–Trinajstić information content (AvgIpc) is 3.62. The number of para-hydroxylation sites is 1. The smallest absolute Gasteiger partial charge is 0.259 e. The van der Waals surface area contributed by atoms with Crippen molar-refractivity contribution in [2.45, 2.75) is 45.1 Å². The van der Waals surface area contributed by atoms with Crippen molar-refractivity contribution in [1.82, 2.24) is 24.3 Å². The molecule has 2 aliphatic rings. The Bertz CT molecular complexity index is 2370. The first-order chi connectivity index (χ1) is 27.3. The lowest BCUT2D eigenvalue weighted by molar-refractivity contribution is 0.102. The summed E-state index contributed by atoms with van der Waals surface area (Å²) in [6, 6.07) is 20.7. The molecule has 288 valence electrons. The summed E-state index contributed by atoms with van der Waals surface area (Å²) in [5.74, 6) is -1.27. The highest BCUT2D eigenvalue weighted by Crippen LogP contribution is 2.38. The summed E-state index contributed by atoms with van der Waals surface area (Å²) < 4.78 is 42.3. The Hall–Kier alpha value is -6.08. The molecule has 5 heterocycles. The molecule has 0 atom stereocenters. The number of benzene rings is 3. The zero-order valence-corrected chi connectivity index (χ0v) is 31.7. The Morgan fingerprint density at radius 1 is 0.839 bits per heavy atom. The summed E-state index contributed by atoms with van der Waals surface area (Å²) in [4.78, 5) is 33.1. The number of amides is 1. The number of hydrogen-bond acceptors (Lipinski definition) is 9. The summed E-state index contributed by atoms with van der Waals surface area (Å²) in [5, 5.41) is 5.76. The first-order valence-corrected chi connectivity index (χ1v) is 19.0. The van der Waals surface area contributed by atoms with E-state index in [0.717, 1.165) is 49.3 Å². The monoisotopic (exact) mass is 758 g/mol. The third-order valence-electron chi connectivity index (χ3n) is 10.8. The molecule has 6 aromatic rings. The van der Waals surface area contributed by atoms with Crippen LogP contribution in [0, 0.1) is 18.6 Å². The predicted octanol–water partition coefficient (Wildman–Crippen LogP) is 8.51. The number of imidazole rings is 1. The highest BCUT2D eigenvalue weighted by molar-refractivity contribution is 6.07. The lowest BCUT2D eigenvalue weighted by atomic mass is 9.98. The third-order valence-corrected chi connectivity index (χ3v) is 10.8. The molecule has 0 radical (unpaired) electrons. The molecule has 2 saturated heterocycles. The number of carbonyl (C=O) groups is 1. The van der Waals surface area contributed by atoms with Gasteiger partial charge >= 0.3 is 0 Å². The molecule has 0 saturated carbocycles. The average molecular weight is 759 g/mol. The highest BCUT2D eigenvalue weighted by Gasteiger charge is 2.27. The second-order valence-electron chi connectivity index (χ2n) is 14.2. The second kappa shape index (κ2) is 16.0. The van der Waals surface area contributed by atoms with Crippen molar-refractivity contribution in [2.75, 3.05) is 55.9 Å². The van der Waals surface area contributed by atoms with Gasteiger partial charge in [-0.2, -0.15) is 0 Å². The lowest BCUT2D eigenvalue weighted by Crippen LogP contribution is -2.46.